The number of hydrogen-bond acceptors (Lipinski definition) is 3. The van der Waals surface area contributed by atoms with Crippen LogP contribution in [-0.2, 0) is 6.54 Å². The quantitative estimate of drug-likeness (QED) is 0.685. The molecule has 0 aromatic heterocycles. The van der Waals surface area contributed by atoms with E-state index in [2.05, 4.69) is 22.8 Å². The van der Waals surface area contributed by atoms with Crippen LogP contribution in [0.3, 0.4) is 0 Å². The van der Waals surface area contributed by atoms with Crippen molar-refractivity contribution in [2.24, 2.45) is 5.73 Å². The fraction of sp³-hybridized carbons (Fsp3) is 0.167. The average Bonchev–Trinajstić information content (AvgIpc) is 2.29. The molecule has 4 N–H and O–H groups in total. The van der Waals surface area contributed by atoms with Crippen molar-refractivity contribution in [3.8, 4) is 0 Å². The molecule has 3 heteroatoms. The zero-order chi connectivity index (χ0) is 10.5. The van der Waals surface area contributed by atoms with Crippen LogP contribution in [0.4, 0.5) is 0 Å². The van der Waals surface area contributed by atoms with E-state index in [1.807, 2.05) is 30.4 Å². The van der Waals surface area contributed by atoms with Gasteiger partial charge in [-0.15, -0.1) is 0 Å². The highest BCUT2D eigenvalue weighted by Crippen LogP contribution is 2.03. The van der Waals surface area contributed by atoms with Crippen molar-refractivity contribution in [2.45, 2.75) is 6.54 Å². The summed E-state index contributed by atoms with van der Waals surface area (Å²) in [7, 11) is 0. The summed E-state index contributed by atoms with van der Waals surface area (Å²) in [6.07, 6.45) is 4.05. The van der Waals surface area contributed by atoms with Gasteiger partial charge in [-0.2, -0.15) is 0 Å². The molecule has 15 heavy (non-hydrogen) atoms. The molecule has 1 aliphatic rings. The second-order valence-electron chi connectivity index (χ2n) is 3.45. The lowest BCUT2D eigenvalue weighted by atomic mass is 10.2. The van der Waals surface area contributed by atoms with Crippen LogP contribution in [0.15, 0.2) is 54.0 Å². The lowest BCUT2D eigenvalue weighted by molar-refractivity contribution is 0.760. The highest BCUT2D eigenvalue weighted by Gasteiger charge is 2.02. The monoisotopic (exact) mass is 201 g/mol. The Morgan fingerprint density at radius 1 is 1.27 bits per heavy atom. The van der Waals surface area contributed by atoms with Crippen molar-refractivity contribution in [3.05, 3.63) is 59.6 Å². The maximum absolute atomic E-state index is 5.80. The Balaban J connectivity index is 1.96. The van der Waals surface area contributed by atoms with E-state index in [1.54, 1.807) is 0 Å². The van der Waals surface area contributed by atoms with Crippen LogP contribution in [0.2, 0.25) is 0 Å². The molecule has 0 unspecified atom stereocenters. The Bertz CT molecular complexity index is 379. The predicted molar refractivity (Wildman–Crippen MR) is 61.6 cm³/mol. The first-order valence-corrected chi connectivity index (χ1v) is 5.04. The SMILES string of the molecule is NC1=C(NCc2ccccc2)C=CCN1. The summed E-state index contributed by atoms with van der Waals surface area (Å²) in [5.74, 6) is 0.716. The smallest absolute Gasteiger partial charge is 0.120 e. The van der Waals surface area contributed by atoms with Gasteiger partial charge < -0.3 is 16.4 Å². The lowest BCUT2D eigenvalue weighted by Crippen LogP contribution is -2.29. The van der Waals surface area contributed by atoms with Crippen molar-refractivity contribution in [1.82, 2.24) is 10.6 Å². The standard InChI is InChI=1S/C12H15N3/c13-12-11(7-4-8-14-12)15-9-10-5-2-1-3-6-10/h1-7,14-15H,8-9,13H2. The van der Waals surface area contributed by atoms with E-state index >= 15 is 0 Å². The molecule has 0 aliphatic carbocycles. The summed E-state index contributed by atoms with van der Waals surface area (Å²) in [6.45, 7) is 1.60. The maximum Gasteiger partial charge on any atom is 0.120 e. The van der Waals surface area contributed by atoms with E-state index in [9.17, 15) is 0 Å². The molecule has 0 spiro atoms. The average molecular weight is 201 g/mol. The van der Waals surface area contributed by atoms with Crippen LogP contribution in [0.5, 0.6) is 0 Å². The summed E-state index contributed by atoms with van der Waals surface area (Å²) in [4.78, 5) is 0. The van der Waals surface area contributed by atoms with Crippen LogP contribution in [0.1, 0.15) is 5.56 Å². The topological polar surface area (TPSA) is 50.1 Å². The van der Waals surface area contributed by atoms with Gasteiger partial charge in [0.1, 0.15) is 5.82 Å². The number of hydrogen-bond donors (Lipinski definition) is 3. The van der Waals surface area contributed by atoms with Crippen LogP contribution < -0.4 is 16.4 Å². The highest BCUT2D eigenvalue weighted by atomic mass is 15.0. The Kier molecular flexibility index (Phi) is 2.93. The molecule has 1 heterocycles. The Labute approximate surface area is 89.7 Å². The molecular weight excluding hydrogens is 186 g/mol. The van der Waals surface area contributed by atoms with Gasteiger partial charge in [0.05, 0.1) is 5.70 Å². The van der Waals surface area contributed by atoms with E-state index < -0.39 is 0 Å². The predicted octanol–water partition coefficient (Wildman–Crippen LogP) is 1.06. The molecule has 0 amide bonds. The minimum absolute atomic E-state index is 0.716. The summed E-state index contributed by atoms with van der Waals surface area (Å²) in [5, 5.41) is 6.37. The molecule has 0 fully saturated rings. The number of rotatable bonds is 3. The van der Waals surface area contributed by atoms with E-state index in [0.29, 0.717) is 5.82 Å². The summed E-state index contributed by atoms with van der Waals surface area (Å²) in [6, 6.07) is 10.3. The number of dihydropyridines is 1. The normalized spacial score (nSPS) is 14.9. The second kappa shape index (κ2) is 4.55. The Morgan fingerprint density at radius 2 is 2.07 bits per heavy atom. The summed E-state index contributed by atoms with van der Waals surface area (Å²) >= 11 is 0. The van der Waals surface area contributed by atoms with Crippen LogP contribution in [0, 0.1) is 0 Å². The summed E-state index contributed by atoms with van der Waals surface area (Å²) in [5.41, 5.74) is 8.01. The second-order valence-corrected chi connectivity index (χ2v) is 3.45. The van der Waals surface area contributed by atoms with E-state index in [-0.39, 0.29) is 0 Å². The lowest BCUT2D eigenvalue weighted by Gasteiger charge is -2.15. The third-order valence-electron chi connectivity index (χ3n) is 2.31. The van der Waals surface area contributed by atoms with Crippen molar-refractivity contribution < 1.29 is 0 Å². The van der Waals surface area contributed by atoms with Crippen LogP contribution >= 0.6 is 0 Å². The molecule has 1 aromatic rings. The van der Waals surface area contributed by atoms with E-state index in [4.69, 9.17) is 5.73 Å². The van der Waals surface area contributed by atoms with Gasteiger partial charge in [-0.3, -0.25) is 0 Å². The van der Waals surface area contributed by atoms with Gasteiger partial charge in [0.15, 0.2) is 0 Å². The molecule has 1 aromatic carbocycles. The zero-order valence-corrected chi connectivity index (χ0v) is 8.53. The van der Waals surface area contributed by atoms with Gasteiger partial charge in [-0.25, -0.2) is 0 Å². The van der Waals surface area contributed by atoms with E-state index in [0.717, 1.165) is 18.8 Å². The van der Waals surface area contributed by atoms with Crippen LogP contribution in [0.25, 0.3) is 0 Å². The molecule has 0 bridgehead atoms. The van der Waals surface area contributed by atoms with Gasteiger partial charge >= 0.3 is 0 Å². The number of benzene rings is 1. The van der Waals surface area contributed by atoms with Gasteiger partial charge in [0.2, 0.25) is 0 Å². The van der Waals surface area contributed by atoms with Gasteiger partial charge in [-0.05, 0) is 11.6 Å². The molecule has 2 rings (SSSR count). The molecule has 3 nitrogen and oxygen atoms in total. The largest absolute Gasteiger partial charge is 0.384 e. The first kappa shape index (κ1) is 9.65. The van der Waals surface area contributed by atoms with Gasteiger partial charge in [0.25, 0.3) is 0 Å². The fourth-order valence-electron chi connectivity index (χ4n) is 1.48. The third kappa shape index (κ3) is 2.53. The molecule has 78 valence electrons. The highest BCUT2D eigenvalue weighted by molar-refractivity contribution is 5.26. The van der Waals surface area contributed by atoms with Crippen LogP contribution in [-0.4, -0.2) is 6.54 Å². The Hall–Kier alpha value is -1.90. The van der Waals surface area contributed by atoms with E-state index in [1.165, 1.54) is 5.56 Å². The summed E-state index contributed by atoms with van der Waals surface area (Å²) < 4.78 is 0. The number of nitrogens with two attached hydrogens (primary N) is 1. The minimum atomic E-state index is 0.716. The first-order chi connectivity index (χ1) is 7.36. The minimum Gasteiger partial charge on any atom is -0.384 e. The molecular formula is C12H15N3. The first-order valence-electron chi connectivity index (χ1n) is 5.04. The number of nitrogens with one attached hydrogen (secondary N) is 2. The van der Waals surface area contributed by atoms with Gasteiger partial charge in [0, 0.05) is 13.1 Å². The zero-order valence-electron chi connectivity index (χ0n) is 8.53. The molecule has 0 radical (unpaired) electrons. The Morgan fingerprint density at radius 3 is 2.80 bits per heavy atom. The third-order valence-corrected chi connectivity index (χ3v) is 2.31. The molecule has 1 aliphatic heterocycles. The van der Waals surface area contributed by atoms with Crippen molar-refractivity contribution in [3.63, 3.8) is 0 Å². The fourth-order valence-corrected chi connectivity index (χ4v) is 1.48. The van der Waals surface area contributed by atoms with Crippen molar-refractivity contribution >= 4 is 0 Å². The number of allylic oxidation sites excluding steroid dienone is 1. The van der Waals surface area contributed by atoms with Gasteiger partial charge in [-0.1, -0.05) is 36.4 Å². The molecule has 0 saturated heterocycles. The molecule has 0 atom stereocenters. The van der Waals surface area contributed by atoms with Crippen molar-refractivity contribution in [2.75, 3.05) is 6.54 Å². The molecule has 0 saturated carbocycles. The maximum atomic E-state index is 5.80. The van der Waals surface area contributed by atoms with Crippen molar-refractivity contribution in [1.29, 1.82) is 0 Å².